The van der Waals surface area contributed by atoms with Crippen molar-refractivity contribution in [1.82, 2.24) is 14.5 Å². The number of aromatic nitrogens is 2. The molecule has 17 heavy (non-hydrogen) atoms. The van der Waals surface area contributed by atoms with Crippen LogP contribution >= 0.6 is 0 Å². The highest BCUT2D eigenvalue weighted by Crippen LogP contribution is 2.10. The topological polar surface area (TPSA) is 73.7 Å². The molecule has 1 aliphatic rings. The Bertz CT molecular complexity index is 404. The SMILES string of the molecule is COC(=O)C1COCCN1C(=O)n1ccnc1. The molecule has 0 aromatic carbocycles. The van der Waals surface area contributed by atoms with Crippen LogP contribution in [0.15, 0.2) is 18.7 Å². The molecule has 0 bridgehead atoms. The minimum Gasteiger partial charge on any atom is -0.467 e. The van der Waals surface area contributed by atoms with Crippen molar-refractivity contribution in [3.8, 4) is 0 Å². The largest absolute Gasteiger partial charge is 0.467 e. The van der Waals surface area contributed by atoms with Gasteiger partial charge in [0.1, 0.15) is 6.33 Å². The van der Waals surface area contributed by atoms with Crippen molar-refractivity contribution in [3.63, 3.8) is 0 Å². The molecule has 1 fully saturated rings. The van der Waals surface area contributed by atoms with E-state index in [1.165, 1.54) is 35.3 Å². The molecule has 0 spiro atoms. The second-order valence-corrected chi connectivity index (χ2v) is 3.56. The van der Waals surface area contributed by atoms with E-state index in [-0.39, 0.29) is 12.6 Å². The molecule has 0 radical (unpaired) electrons. The van der Waals surface area contributed by atoms with Crippen LogP contribution in [0, 0.1) is 0 Å². The fraction of sp³-hybridized carbons (Fsp3) is 0.500. The predicted octanol–water partition coefficient (Wildman–Crippen LogP) is -0.275. The highest BCUT2D eigenvalue weighted by molar-refractivity contribution is 5.85. The van der Waals surface area contributed by atoms with E-state index in [0.29, 0.717) is 13.2 Å². The van der Waals surface area contributed by atoms with Gasteiger partial charge in [0.05, 0.1) is 20.3 Å². The minimum atomic E-state index is -0.691. The summed E-state index contributed by atoms with van der Waals surface area (Å²) in [5, 5.41) is 0. The van der Waals surface area contributed by atoms with Crippen molar-refractivity contribution in [2.45, 2.75) is 6.04 Å². The molecule has 7 heteroatoms. The first-order chi connectivity index (χ1) is 8.24. The third-order valence-corrected chi connectivity index (χ3v) is 2.57. The Morgan fingerprint density at radius 2 is 2.35 bits per heavy atom. The Labute approximate surface area is 97.9 Å². The Kier molecular flexibility index (Phi) is 3.38. The summed E-state index contributed by atoms with van der Waals surface area (Å²) in [6.45, 7) is 0.928. The zero-order valence-electron chi connectivity index (χ0n) is 9.41. The van der Waals surface area contributed by atoms with Crippen molar-refractivity contribution in [2.24, 2.45) is 0 Å². The predicted molar refractivity (Wildman–Crippen MR) is 56.4 cm³/mol. The standard InChI is InChI=1S/C10H13N3O4/c1-16-9(14)8-6-17-5-4-13(8)10(15)12-3-2-11-7-12/h2-3,7-8H,4-6H2,1H3. The Balaban J connectivity index is 2.16. The van der Waals surface area contributed by atoms with Crippen molar-refractivity contribution in [2.75, 3.05) is 26.9 Å². The molecule has 1 unspecified atom stereocenters. The maximum atomic E-state index is 12.1. The highest BCUT2D eigenvalue weighted by atomic mass is 16.5. The van der Waals surface area contributed by atoms with Gasteiger partial charge in [-0.15, -0.1) is 0 Å². The number of imidazole rings is 1. The third kappa shape index (κ3) is 2.28. The van der Waals surface area contributed by atoms with Crippen molar-refractivity contribution in [3.05, 3.63) is 18.7 Å². The van der Waals surface area contributed by atoms with E-state index < -0.39 is 12.0 Å². The van der Waals surface area contributed by atoms with Gasteiger partial charge in [0, 0.05) is 18.9 Å². The highest BCUT2D eigenvalue weighted by Gasteiger charge is 2.34. The number of carbonyl (C=O) groups is 2. The monoisotopic (exact) mass is 239 g/mol. The summed E-state index contributed by atoms with van der Waals surface area (Å²) in [6, 6.07) is -0.996. The molecule has 0 N–H and O–H groups in total. The maximum absolute atomic E-state index is 12.1. The Morgan fingerprint density at radius 1 is 1.53 bits per heavy atom. The molecule has 92 valence electrons. The molecule has 1 atom stereocenters. The first-order valence-corrected chi connectivity index (χ1v) is 5.18. The number of amides is 1. The summed E-state index contributed by atoms with van der Waals surface area (Å²) in [5.74, 6) is -0.474. The number of hydrogen-bond acceptors (Lipinski definition) is 5. The molecule has 0 saturated carbocycles. The average Bonchev–Trinajstić information content (AvgIpc) is 2.91. The van der Waals surface area contributed by atoms with Gasteiger partial charge < -0.3 is 14.4 Å². The molecule has 1 amide bonds. The lowest BCUT2D eigenvalue weighted by atomic mass is 10.2. The molecule has 1 aromatic heterocycles. The van der Waals surface area contributed by atoms with E-state index >= 15 is 0 Å². The van der Waals surface area contributed by atoms with Gasteiger partial charge in [0.15, 0.2) is 6.04 Å². The van der Waals surface area contributed by atoms with E-state index in [4.69, 9.17) is 4.74 Å². The van der Waals surface area contributed by atoms with Crippen molar-refractivity contribution in [1.29, 1.82) is 0 Å². The molecular formula is C10H13N3O4. The smallest absolute Gasteiger partial charge is 0.331 e. The molecule has 1 saturated heterocycles. The Hall–Kier alpha value is -1.89. The van der Waals surface area contributed by atoms with Crippen molar-refractivity contribution >= 4 is 12.0 Å². The van der Waals surface area contributed by atoms with Crippen LogP contribution in [-0.2, 0) is 14.3 Å². The zero-order valence-corrected chi connectivity index (χ0v) is 9.41. The number of esters is 1. The van der Waals surface area contributed by atoms with Crippen molar-refractivity contribution < 1.29 is 19.1 Å². The number of nitrogens with zero attached hydrogens (tertiary/aromatic N) is 3. The summed E-state index contributed by atoms with van der Waals surface area (Å²) in [7, 11) is 1.29. The van der Waals surface area contributed by atoms with E-state index in [2.05, 4.69) is 9.72 Å². The Morgan fingerprint density at radius 3 is 3.00 bits per heavy atom. The molecular weight excluding hydrogens is 226 g/mol. The van der Waals surface area contributed by atoms with Crippen LogP contribution in [0.2, 0.25) is 0 Å². The molecule has 0 aliphatic carbocycles. The van der Waals surface area contributed by atoms with Crippen LogP contribution in [0.3, 0.4) is 0 Å². The normalized spacial score (nSPS) is 20.1. The fourth-order valence-corrected chi connectivity index (χ4v) is 1.68. The van der Waals surface area contributed by atoms with Crippen LogP contribution < -0.4 is 0 Å². The second kappa shape index (κ2) is 4.96. The minimum absolute atomic E-state index is 0.160. The first kappa shape index (κ1) is 11.6. The van der Waals surface area contributed by atoms with Gasteiger partial charge in [-0.3, -0.25) is 4.57 Å². The number of methoxy groups -OCH3 is 1. The third-order valence-electron chi connectivity index (χ3n) is 2.57. The van der Waals surface area contributed by atoms with Gasteiger partial charge in [-0.25, -0.2) is 14.6 Å². The molecule has 7 nitrogen and oxygen atoms in total. The molecule has 2 rings (SSSR count). The summed E-state index contributed by atoms with van der Waals surface area (Å²) in [4.78, 5) is 28.8. The van der Waals surface area contributed by atoms with Gasteiger partial charge in [-0.2, -0.15) is 0 Å². The van der Waals surface area contributed by atoms with E-state index in [1.54, 1.807) is 0 Å². The maximum Gasteiger partial charge on any atom is 0.331 e. The van der Waals surface area contributed by atoms with Gasteiger partial charge in [0.2, 0.25) is 0 Å². The first-order valence-electron chi connectivity index (χ1n) is 5.18. The summed E-state index contributed by atoms with van der Waals surface area (Å²) in [6.07, 6.45) is 4.43. The fourth-order valence-electron chi connectivity index (χ4n) is 1.68. The van der Waals surface area contributed by atoms with Crippen LogP contribution in [0.1, 0.15) is 0 Å². The van der Waals surface area contributed by atoms with Crippen LogP contribution in [-0.4, -0.2) is 59.4 Å². The van der Waals surface area contributed by atoms with Gasteiger partial charge in [-0.1, -0.05) is 0 Å². The summed E-state index contributed by atoms with van der Waals surface area (Å²) < 4.78 is 11.2. The molecule has 1 aliphatic heterocycles. The number of morpholine rings is 1. The lowest BCUT2D eigenvalue weighted by Crippen LogP contribution is -2.54. The van der Waals surface area contributed by atoms with Crippen LogP contribution in [0.25, 0.3) is 0 Å². The quantitative estimate of drug-likeness (QED) is 0.630. The molecule has 1 aromatic rings. The lowest BCUT2D eigenvalue weighted by Gasteiger charge is -2.33. The van der Waals surface area contributed by atoms with Gasteiger partial charge >= 0.3 is 12.0 Å². The molecule has 2 heterocycles. The summed E-state index contributed by atoms with van der Waals surface area (Å²) >= 11 is 0. The van der Waals surface area contributed by atoms with Crippen LogP contribution in [0.4, 0.5) is 4.79 Å². The van der Waals surface area contributed by atoms with E-state index in [1.807, 2.05) is 0 Å². The number of hydrogen-bond donors (Lipinski definition) is 0. The van der Waals surface area contributed by atoms with Gasteiger partial charge in [0.25, 0.3) is 0 Å². The summed E-state index contributed by atoms with van der Waals surface area (Å²) in [5.41, 5.74) is 0. The van der Waals surface area contributed by atoms with E-state index in [9.17, 15) is 9.59 Å². The number of ether oxygens (including phenoxy) is 2. The zero-order chi connectivity index (χ0) is 12.3. The van der Waals surface area contributed by atoms with Gasteiger partial charge in [-0.05, 0) is 0 Å². The number of rotatable bonds is 1. The lowest BCUT2D eigenvalue weighted by molar-refractivity contribution is -0.151. The van der Waals surface area contributed by atoms with E-state index in [0.717, 1.165) is 0 Å². The van der Waals surface area contributed by atoms with Crippen LogP contribution in [0.5, 0.6) is 0 Å². The second-order valence-electron chi connectivity index (χ2n) is 3.56. The number of carbonyl (C=O) groups excluding carboxylic acids is 2. The average molecular weight is 239 g/mol.